The summed E-state index contributed by atoms with van der Waals surface area (Å²) in [6, 6.07) is 4.66. The average molecular weight is 376 g/mol. The Hall–Kier alpha value is -0.630. The van der Waals surface area contributed by atoms with Crippen molar-refractivity contribution >= 4 is 31.6 Å². The molecule has 21 heavy (non-hydrogen) atoms. The fourth-order valence-corrected chi connectivity index (χ4v) is 4.12. The molecule has 0 unspecified atom stereocenters. The van der Waals surface area contributed by atoms with Crippen molar-refractivity contribution in [3.8, 4) is 0 Å². The van der Waals surface area contributed by atoms with Crippen molar-refractivity contribution in [1.82, 2.24) is 9.62 Å². The Balaban J connectivity index is 2.06. The second-order valence-electron chi connectivity index (χ2n) is 6.12. The van der Waals surface area contributed by atoms with Gasteiger partial charge in [-0.25, -0.2) is 13.1 Å². The Labute approximate surface area is 135 Å². The van der Waals surface area contributed by atoms with Gasteiger partial charge >= 0.3 is 0 Å². The van der Waals surface area contributed by atoms with Crippen LogP contribution in [0.15, 0.2) is 27.6 Å². The summed E-state index contributed by atoms with van der Waals surface area (Å²) in [5.41, 5.74) is 6.23. The molecule has 0 amide bonds. The molecule has 2 rings (SSSR count). The highest BCUT2D eigenvalue weighted by Crippen LogP contribution is 2.30. The van der Waals surface area contributed by atoms with Crippen LogP contribution in [0.25, 0.3) is 0 Å². The van der Waals surface area contributed by atoms with Gasteiger partial charge in [0.2, 0.25) is 10.0 Å². The molecule has 0 saturated carbocycles. The van der Waals surface area contributed by atoms with E-state index in [1.54, 1.807) is 6.07 Å². The van der Waals surface area contributed by atoms with Crippen LogP contribution in [0.2, 0.25) is 0 Å². The highest BCUT2D eigenvalue weighted by atomic mass is 79.9. The molecule has 1 fully saturated rings. The van der Waals surface area contributed by atoms with Crippen LogP contribution < -0.4 is 10.5 Å². The normalized spacial score (nSPS) is 19.6. The number of nitrogen functional groups attached to an aromatic ring is 1. The van der Waals surface area contributed by atoms with Crippen molar-refractivity contribution in [2.24, 2.45) is 5.41 Å². The predicted octanol–water partition coefficient (Wildman–Crippen LogP) is 2.04. The van der Waals surface area contributed by atoms with E-state index in [2.05, 4.69) is 39.5 Å². The number of likely N-dealkylation sites (tertiary alicyclic amines) is 1. The number of piperidine rings is 1. The van der Waals surface area contributed by atoms with Gasteiger partial charge in [0.15, 0.2) is 0 Å². The molecular formula is C14H22BrN3O2S. The largest absolute Gasteiger partial charge is 0.398 e. The molecule has 7 heteroatoms. The second-order valence-corrected chi connectivity index (χ2v) is 8.74. The molecule has 3 N–H and O–H groups in total. The van der Waals surface area contributed by atoms with E-state index in [0.29, 0.717) is 16.7 Å². The van der Waals surface area contributed by atoms with E-state index < -0.39 is 10.0 Å². The number of nitrogens with one attached hydrogen (secondary N) is 1. The SMILES string of the molecule is CN1CCC(C)(CNS(=O)(=O)c2ccc(N)c(Br)c2)CC1. The number of hydrogen-bond donors (Lipinski definition) is 2. The number of sulfonamides is 1. The fraction of sp³-hybridized carbons (Fsp3) is 0.571. The third-order valence-corrected chi connectivity index (χ3v) is 6.25. The molecule has 0 spiro atoms. The average Bonchev–Trinajstić information content (AvgIpc) is 2.43. The van der Waals surface area contributed by atoms with Crippen LogP contribution in [0.1, 0.15) is 19.8 Å². The predicted molar refractivity (Wildman–Crippen MR) is 88.6 cm³/mol. The standard InChI is InChI=1S/C14H22BrN3O2S/c1-14(5-7-18(2)8-6-14)10-17-21(19,20)11-3-4-13(16)12(15)9-11/h3-4,9,17H,5-8,10,16H2,1-2H3. The van der Waals surface area contributed by atoms with E-state index >= 15 is 0 Å². The Kier molecular flexibility index (Phi) is 4.97. The van der Waals surface area contributed by atoms with Gasteiger partial charge in [-0.1, -0.05) is 6.92 Å². The lowest BCUT2D eigenvalue weighted by Crippen LogP contribution is -2.43. The van der Waals surface area contributed by atoms with Crippen molar-refractivity contribution in [2.45, 2.75) is 24.7 Å². The molecular weight excluding hydrogens is 354 g/mol. The summed E-state index contributed by atoms with van der Waals surface area (Å²) in [5.74, 6) is 0. The maximum absolute atomic E-state index is 12.4. The molecule has 1 aliphatic heterocycles. The first-order valence-electron chi connectivity index (χ1n) is 6.95. The number of hydrogen-bond acceptors (Lipinski definition) is 4. The molecule has 1 aromatic rings. The molecule has 1 aromatic carbocycles. The molecule has 5 nitrogen and oxygen atoms in total. The van der Waals surface area contributed by atoms with E-state index in [1.807, 2.05) is 0 Å². The smallest absolute Gasteiger partial charge is 0.240 e. The minimum absolute atomic E-state index is 0.0185. The van der Waals surface area contributed by atoms with Crippen molar-refractivity contribution in [2.75, 3.05) is 32.4 Å². The van der Waals surface area contributed by atoms with Crippen LogP contribution in [0.4, 0.5) is 5.69 Å². The lowest BCUT2D eigenvalue weighted by Gasteiger charge is -2.37. The summed E-state index contributed by atoms with van der Waals surface area (Å²) in [6.45, 7) is 4.61. The Bertz CT molecular complexity index is 611. The third kappa shape index (κ3) is 4.18. The summed E-state index contributed by atoms with van der Waals surface area (Å²) in [5, 5.41) is 0. The minimum atomic E-state index is -3.50. The first-order valence-corrected chi connectivity index (χ1v) is 9.23. The highest BCUT2D eigenvalue weighted by Gasteiger charge is 2.30. The molecule has 0 bridgehead atoms. The number of nitrogens with two attached hydrogens (primary N) is 1. The zero-order valence-corrected chi connectivity index (χ0v) is 14.8. The zero-order valence-electron chi connectivity index (χ0n) is 12.4. The molecule has 1 heterocycles. The van der Waals surface area contributed by atoms with Crippen LogP contribution in [0.5, 0.6) is 0 Å². The topological polar surface area (TPSA) is 75.4 Å². The lowest BCUT2D eigenvalue weighted by atomic mass is 9.81. The fourth-order valence-electron chi connectivity index (χ4n) is 2.36. The summed E-state index contributed by atoms with van der Waals surface area (Å²) in [4.78, 5) is 2.51. The van der Waals surface area contributed by atoms with Gasteiger partial charge in [0.05, 0.1) is 4.90 Å². The number of halogens is 1. The third-order valence-electron chi connectivity index (χ3n) is 4.17. The Morgan fingerprint density at radius 1 is 1.38 bits per heavy atom. The van der Waals surface area contributed by atoms with E-state index in [4.69, 9.17) is 5.73 Å². The van der Waals surface area contributed by atoms with Gasteiger partial charge < -0.3 is 10.6 Å². The summed E-state index contributed by atoms with van der Waals surface area (Å²) < 4.78 is 28.1. The monoisotopic (exact) mass is 375 g/mol. The van der Waals surface area contributed by atoms with Crippen LogP contribution in [-0.2, 0) is 10.0 Å². The van der Waals surface area contributed by atoms with Crippen molar-refractivity contribution in [3.63, 3.8) is 0 Å². The molecule has 0 radical (unpaired) electrons. The number of anilines is 1. The molecule has 0 aliphatic carbocycles. The quantitative estimate of drug-likeness (QED) is 0.789. The molecule has 0 atom stereocenters. The first-order chi connectivity index (χ1) is 9.72. The molecule has 0 aromatic heterocycles. The van der Waals surface area contributed by atoms with E-state index in [9.17, 15) is 8.42 Å². The highest BCUT2D eigenvalue weighted by molar-refractivity contribution is 9.10. The van der Waals surface area contributed by atoms with Gasteiger partial charge in [0.25, 0.3) is 0 Å². The second kappa shape index (κ2) is 6.24. The van der Waals surface area contributed by atoms with Gasteiger partial charge in [-0.15, -0.1) is 0 Å². The van der Waals surface area contributed by atoms with Crippen LogP contribution in [0, 0.1) is 5.41 Å². The van der Waals surface area contributed by atoms with Crippen molar-refractivity contribution < 1.29 is 8.42 Å². The Morgan fingerprint density at radius 2 is 2.00 bits per heavy atom. The molecule has 1 saturated heterocycles. The zero-order chi connectivity index (χ0) is 15.7. The summed E-state index contributed by atoms with van der Waals surface area (Å²) in [6.07, 6.45) is 1.99. The van der Waals surface area contributed by atoms with Crippen molar-refractivity contribution in [3.05, 3.63) is 22.7 Å². The van der Waals surface area contributed by atoms with Crippen LogP contribution in [0.3, 0.4) is 0 Å². The van der Waals surface area contributed by atoms with Gasteiger partial charge in [0.1, 0.15) is 0 Å². The molecule has 118 valence electrons. The van der Waals surface area contributed by atoms with Gasteiger partial charge in [-0.05, 0) is 72.5 Å². The van der Waals surface area contributed by atoms with Gasteiger partial charge in [-0.3, -0.25) is 0 Å². The van der Waals surface area contributed by atoms with Crippen LogP contribution >= 0.6 is 15.9 Å². The van der Waals surface area contributed by atoms with Gasteiger partial charge in [0, 0.05) is 16.7 Å². The number of benzene rings is 1. The van der Waals surface area contributed by atoms with Crippen LogP contribution in [-0.4, -0.2) is 40.0 Å². The number of rotatable bonds is 4. The Morgan fingerprint density at radius 3 is 2.57 bits per heavy atom. The van der Waals surface area contributed by atoms with E-state index in [1.165, 1.54) is 12.1 Å². The van der Waals surface area contributed by atoms with E-state index in [0.717, 1.165) is 25.9 Å². The number of nitrogens with zero attached hydrogens (tertiary/aromatic N) is 1. The first kappa shape index (κ1) is 16.7. The maximum Gasteiger partial charge on any atom is 0.240 e. The van der Waals surface area contributed by atoms with E-state index in [-0.39, 0.29) is 10.3 Å². The summed E-state index contributed by atoms with van der Waals surface area (Å²) >= 11 is 3.26. The lowest BCUT2D eigenvalue weighted by molar-refractivity contribution is 0.143. The molecule has 1 aliphatic rings. The minimum Gasteiger partial charge on any atom is -0.398 e. The summed E-state index contributed by atoms with van der Waals surface area (Å²) in [7, 11) is -1.41. The van der Waals surface area contributed by atoms with Gasteiger partial charge in [-0.2, -0.15) is 0 Å². The maximum atomic E-state index is 12.4. The van der Waals surface area contributed by atoms with Crippen molar-refractivity contribution in [1.29, 1.82) is 0 Å².